The van der Waals surface area contributed by atoms with Gasteiger partial charge in [0.05, 0.1) is 6.54 Å². The molecule has 7 heteroatoms. The van der Waals surface area contributed by atoms with E-state index in [1.807, 2.05) is 12.1 Å². The average Bonchev–Trinajstić information content (AvgIpc) is 3.04. The quantitative estimate of drug-likeness (QED) is 0.807. The first-order valence-corrected chi connectivity index (χ1v) is 6.59. The average molecular weight is 293 g/mol. The van der Waals surface area contributed by atoms with E-state index in [0.29, 0.717) is 12.1 Å². The summed E-state index contributed by atoms with van der Waals surface area (Å²) in [5, 5.41) is 5.95. The van der Waals surface area contributed by atoms with Gasteiger partial charge in [0.2, 0.25) is 0 Å². The van der Waals surface area contributed by atoms with Gasteiger partial charge in [-0.05, 0) is 29.8 Å². The highest BCUT2D eigenvalue weighted by atomic mass is 32.1. The number of thiophene rings is 1. The first-order chi connectivity index (χ1) is 9.63. The fraction of sp³-hybridized carbons (Fsp3) is 0.0769. The number of halogens is 2. The molecule has 2 heterocycles. The highest BCUT2D eigenvalue weighted by Crippen LogP contribution is 2.29. The van der Waals surface area contributed by atoms with E-state index < -0.39 is 11.6 Å². The van der Waals surface area contributed by atoms with Gasteiger partial charge in [0.15, 0.2) is 11.6 Å². The summed E-state index contributed by atoms with van der Waals surface area (Å²) in [5.41, 5.74) is 0.326. The summed E-state index contributed by atoms with van der Waals surface area (Å²) < 4.78 is 27.5. The first-order valence-electron chi connectivity index (χ1n) is 5.77. The molecule has 0 bridgehead atoms. The van der Waals surface area contributed by atoms with Crippen LogP contribution in [0, 0.1) is 11.6 Å². The molecule has 0 unspecified atom stereocenters. The third-order valence-electron chi connectivity index (χ3n) is 2.81. The third kappa shape index (κ3) is 2.39. The summed E-state index contributed by atoms with van der Waals surface area (Å²) >= 11 is 1.42. The van der Waals surface area contributed by atoms with Crippen molar-refractivity contribution in [2.45, 2.75) is 6.54 Å². The van der Waals surface area contributed by atoms with Crippen molar-refractivity contribution in [3.63, 3.8) is 0 Å². The molecule has 1 aromatic carbocycles. The second-order valence-electron chi connectivity index (χ2n) is 4.18. The van der Waals surface area contributed by atoms with Gasteiger partial charge in [-0.2, -0.15) is 5.10 Å². The molecule has 0 spiro atoms. The normalized spacial score (nSPS) is 10.9. The van der Waals surface area contributed by atoms with Crippen molar-refractivity contribution < 1.29 is 8.78 Å². The number of nitrogens with one attached hydrogen (secondary N) is 1. The minimum atomic E-state index is -0.872. The number of H-pyrrole nitrogens is 1. The fourth-order valence-electron chi connectivity index (χ4n) is 1.82. The zero-order chi connectivity index (χ0) is 14.1. The highest BCUT2D eigenvalue weighted by Gasteiger charge is 2.08. The van der Waals surface area contributed by atoms with Gasteiger partial charge < -0.3 is 0 Å². The van der Waals surface area contributed by atoms with E-state index in [4.69, 9.17) is 0 Å². The maximum atomic E-state index is 13.2. The van der Waals surface area contributed by atoms with Gasteiger partial charge in [0, 0.05) is 9.75 Å². The Morgan fingerprint density at radius 3 is 2.75 bits per heavy atom. The predicted octanol–water partition coefficient (Wildman–Crippen LogP) is 2.63. The molecule has 0 saturated carbocycles. The molecule has 4 nitrogen and oxygen atoms in total. The number of hydrogen-bond acceptors (Lipinski definition) is 3. The molecule has 20 heavy (non-hydrogen) atoms. The molecule has 2 aromatic heterocycles. The number of aromatic amines is 1. The first kappa shape index (κ1) is 12.7. The second-order valence-corrected chi connectivity index (χ2v) is 5.35. The summed E-state index contributed by atoms with van der Waals surface area (Å²) in [5.74, 6) is -1.74. The molecule has 0 radical (unpaired) electrons. The molecular formula is C13H9F2N3OS. The standard InChI is InChI=1S/C13H9F2N3OS/c14-10-3-1-8(5-11(10)15)12-4-2-9(20-12)6-18-7-16-17-13(18)19/h1-5,7H,6H2,(H,17,19). The van der Waals surface area contributed by atoms with E-state index in [-0.39, 0.29) is 5.69 Å². The summed E-state index contributed by atoms with van der Waals surface area (Å²) in [7, 11) is 0. The fourth-order valence-corrected chi connectivity index (χ4v) is 2.82. The Morgan fingerprint density at radius 1 is 1.20 bits per heavy atom. The summed E-state index contributed by atoms with van der Waals surface area (Å²) in [6.07, 6.45) is 1.42. The molecule has 0 aliphatic rings. The molecule has 3 rings (SSSR count). The Labute approximate surface area is 116 Å². The third-order valence-corrected chi connectivity index (χ3v) is 3.93. The van der Waals surface area contributed by atoms with Crippen LogP contribution in [0.3, 0.4) is 0 Å². The van der Waals surface area contributed by atoms with E-state index in [1.54, 1.807) is 0 Å². The van der Waals surface area contributed by atoms with Crippen LogP contribution in [-0.2, 0) is 6.54 Å². The molecule has 0 atom stereocenters. The van der Waals surface area contributed by atoms with E-state index in [0.717, 1.165) is 21.9 Å². The maximum absolute atomic E-state index is 13.2. The predicted molar refractivity (Wildman–Crippen MR) is 71.6 cm³/mol. The molecule has 3 aromatic rings. The molecule has 1 N–H and O–H groups in total. The minimum absolute atomic E-state index is 0.284. The molecule has 0 aliphatic heterocycles. The van der Waals surface area contributed by atoms with Gasteiger partial charge >= 0.3 is 5.69 Å². The summed E-state index contributed by atoms with van der Waals surface area (Å²) in [6.45, 7) is 0.393. The highest BCUT2D eigenvalue weighted by molar-refractivity contribution is 7.15. The summed E-state index contributed by atoms with van der Waals surface area (Å²) in [6, 6.07) is 7.45. The van der Waals surface area contributed by atoms with Gasteiger partial charge in [-0.25, -0.2) is 18.7 Å². The SMILES string of the molecule is O=c1[nH]ncn1Cc1ccc(-c2ccc(F)c(F)c2)s1. The van der Waals surface area contributed by atoms with Gasteiger partial charge in [-0.15, -0.1) is 11.3 Å². The zero-order valence-electron chi connectivity index (χ0n) is 10.1. The largest absolute Gasteiger partial charge is 0.343 e. The topological polar surface area (TPSA) is 50.7 Å². The number of rotatable bonds is 3. The molecular weight excluding hydrogens is 284 g/mol. The van der Waals surface area contributed by atoms with Crippen LogP contribution in [0.25, 0.3) is 10.4 Å². The number of benzene rings is 1. The van der Waals surface area contributed by atoms with Gasteiger partial charge in [0.25, 0.3) is 0 Å². The second kappa shape index (κ2) is 5.01. The number of hydrogen-bond donors (Lipinski definition) is 1. The zero-order valence-corrected chi connectivity index (χ0v) is 11.0. The lowest BCUT2D eigenvalue weighted by Gasteiger charge is -1.99. The Kier molecular flexibility index (Phi) is 3.19. The Morgan fingerprint density at radius 2 is 2.05 bits per heavy atom. The van der Waals surface area contributed by atoms with Crippen molar-refractivity contribution in [3.8, 4) is 10.4 Å². The number of nitrogens with zero attached hydrogens (tertiary/aromatic N) is 2. The van der Waals surface area contributed by atoms with Gasteiger partial charge in [-0.3, -0.25) is 4.57 Å². The number of aromatic nitrogens is 3. The van der Waals surface area contributed by atoms with Crippen molar-refractivity contribution in [1.29, 1.82) is 0 Å². The van der Waals surface area contributed by atoms with Crippen LogP contribution < -0.4 is 5.69 Å². The van der Waals surface area contributed by atoms with Gasteiger partial charge in [0.1, 0.15) is 6.33 Å². The van der Waals surface area contributed by atoms with Gasteiger partial charge in [-0.1, -0.05) is 6.07 Å². The Bertz CT molecular complexity index is 806. The Balaban J connectivity index is 1.88. The molecule has 0 saturated heterocycles. The molecule has 0 amide bonds. The monoisotopic (exact) mass is 293 g/mol. The van der Waals surface area contributed by atoms with Crippen LogP contribution >= 0.6 is 11.3 Å². The van der Waals surface area contributed by atoms with Crippen LogP contribution in [-0.4, -0.2) is 14.8 Å². The van der Waals surface area contributed by atoms with Crippen LogP contribution in [0.4, 0.5) is 8.78 Å². The van der Waals surface area contributed by atoms with E-state index in [9.17, 15) is 13.6 Å². The van der Waals surface area contributed by atoms with Crippen molar-refractivity contribution >= 4 is 11.3 Å². The molecule has 0 aliphatic carbocycles. The van der Waals surface area contributed by atoms with Crippen LogP contribution in [0.5, 0.6) is 0 Å². The minimum Gasteiger partial charge on any atom is -0.276 e. The van der Waals surface area contributed by atoms with E-state index in [2.05, 4.69) is 10.2 Å². The summed E-state index contributed by atoms with van der Waals surface area (Å²) in [4.78, 5) is 13.1. The molecule has 102 valence electrons. The Hall–Kier alpha value is -2.28. The van der Waals surface area contributed by atoms with Crippen LogP contribution in [0.1, 0.15) is 4.88 Å². The van der Waals surface area contributed by atoms with E-state index >= 15 is 0 Å². The lowest BCUT2D eigenvalue weighted by molar-refractivity contribution is 0.509. The van der Waals surface area contributed by atoms with Crippen molar-refractivity contribution in [3.05, 3.63) is 63.7 Å². The van der Waals surface area contributed by atoms with Crippen molar-refractivity contribution in [2.75, 3.05) is 0 Å². The lowest BCUT2D eigenvalue weighted by atomic mass is 10.2. The van der Waals surface area contributed by atoms with Crippen molar-refractivity contribution in [1.82, 2.24) is 14.8 Å². The lowest BCUT2D eigenvalue weighted by Crippen LogP contribution is -2.16. The maximum Gasteiger partial charge on any atom is 0.343 e. The van der Waals surface area contributed by atoms with E-state index in [1.165, 1.54) is 28.3 Å². The van der Waals surface area contributed by atoms with Crippen molar-refractivity contribution in [2.24, 2.45) is 0 Å². The smallest absolute Gasteiger partial charge is 0.276 e. The van der Waals surface area contributed by atoms with Crippen LogP contribution in [0.2, 0.25) is 0 Å². The molecule has 0 fully saturated rings. The van der Waals surface area contributed by atoms with Crippen LogP contribution in [0.15, 0.2) is 41.5 Å².